The van der Waals surface area contributed by atoms with Gasteiger partial charge in [-0.2, -0.15) is 0 Å². The van der Waals surface area contributed by atoms with Crippen LogP contribution in [0.1, 0.15) is 53.2 Å². The summed E-state index contributed by atoms with van der Waals surface area (Å²) < 4.78 is 0. The van der Waals surface area contributed by atoms with Crippen LogP contribution in [0.2, 0.25) is 0 Å². The summed E-state index contributed by atoms with van der Waals surface area (Å²) in [5.74, 6) is 0.933. The molecule has 1 aliphatic rings. The fraction of sp³-hybridized carbons (Fsp3) is 0.643. The van der Waals surface area contributed by atoms with E-state index >= 15 is 0 Å². The molecule has 2 rings (SSSR count). The van der Waals surface area contributed by atoms with E-state index in [-0.39, 0.29) is 5.91 Å². The van der Waals surface area contributed by atoms with Gasteiger partial charge in [-0.15, -0.1) is 11.3 Å². The van der Waals surface area contributed by atoms with Crippen molar-refractivity contribution in [3.8, 4) is 0 Å². The molecule has 1 amide bonds. The molecule has 2 nitrogen and oxygen atoms in total. The highest BCUT2D eigenvalue weighted by Gasteiger charge is 2.21. The van der Waals surface area contributed by atoms with Crippen LogP contribution in [0.3, 0.4) is 0 Å². The number of fused-ring (bicyclic) bond motifs is 1. The van der Waals surface area contributed by atoms with Crippen LogP contribution in [0, 0.1) is 5.92 Å². The van der Waals surface area contributed by atoms with Crippen molar-refractivity contribution in [2.75, 3.05) is 6.54 Å². The summed E-state index contributed by atoms with van der Waals surface area (Å²) in [6, 6.07) is 2.12. The van der Waals surface area contributed by atoms with Crippen molar-refractivity contribution in [1.82, 2.24) is 5.32 Å². The summed E-state index contributed by atoms with van der Waals surface area (Å²) in [5.41, 5.74) is 1.43. The van der Waals surface area contributed by atoms with E-state index in [4.69, 9.17) is 0 Å². The Morgan fingerprint density at radius 1 is 1.53 bits per heavy atom. The minimum Gasteiger partial charge on any atom is -0.351 e. The van der Waals surface area contributed by atoms with Crippen LogP contribution in [0.4, 0.5) is 0 Å². The molecule has 1 N–H and O–H groups in total. The van der Waals surface area contributed by atoms with E-state index < -0.39 is 0 Å². The monoisotopic (exact) mass is 251 g/mol. The predicted octanol–water partition coefficient (Wildman–Crippen LogP) is 3.40. The molecule has 0 aromatic carbocycles. The largest absolute Gasteiger partial charge is 0.351 e. The average Bonchev–Trinajstić information content (AvgIpc) is 2.78. The second-order valence-electron chi connectivity index (χ2n) is 4.83. The molecule has 17 heavy (non-hydrogen) atoms. The first kappa shape index (κ1) is 12.6. The van der Waals surface area contributed by atoms with Crippen molar-refractivity contribution in [2.24, 2.45) is 5.92 Å². The number of carbonyl (C=O) groups excluding carboxylic acids is 1. The fourth-order valence-electron chi connectivity index (χ4n) is 2.39. The highest BCUT2D eigenvalue weighted by Crippen LogP contribution is 2.33. The number of amides is 1. The molecule has 94 valence electrons. The van der Waals surface area contributed by atoms with Crippen LogP contribution in [0.25, 0.3) is 0 Å². The molecule has 0 aliphatic heterocycles. The molecule has 1 aromatic rings. The first-order valence-electron chi connectivity index (χ1n) is 6.64. The van der Waals surface area contributed by atoms with Crippen molar-refractivity contribution in [3.05, 3.63) is 21.4 Å². The number of nitrogens with one attached hydrogen (secondary N) is 1. The third kappa shape index (κ3) is 2.89. The first-order chi connectivity index (χ1) is 8.24. The van der Waals surface area contributed by atoms with Gasteiger partial charge in [0.15, 0.2) is 0 Å². The Morgan fingerprint density at radius 3 is 3.06 bits per heavy atom. The highest BCUT2D eigenvalue weighted by molar-refractivity contribution is 7.14. The summed E-state index contributed by atoms with van der Waals surface area (Å²) in [5, 5.41) is 2.95. The molecule has 3 heteroatoms. The fourth-order valence-corrected chi connectivity index (χ4v) is 3.51. The van der Waals surface area contributed by atoms with Gasteiger partial charge in [-0.05, 0) is 43.2 Å². The Labute approximate surface area is 107 Å². The standard InChI is InChI=1S/C14H21NOS/c1-3-7-15-14(16)13-9-11-8-10(4-2)5-6-12(11)17-13/h9-10H,3-8H2,1-2H3,(H,15,16). The zero-order chi connectivity index (χ0) is 12.3. The lowest BCUT2D eigenvalue weighted by molar-refractivity contribution is 0.0957. The Morgan fingerprint density at radius 2 is 2.35 bits per heavy atom. The molecule has 0 radical (unpaired) electrons. The maximum absolute atomic E-state index is 11.9. The normalized spacial score (nSPS) is 18.8. The maximum atomic E-state index is 11.9. The van der Waals surface area contributed by atoms with Crippen LogP contribution >= 0.6 is 11.3 Å². The lowest BCUT2D eigenvalue weighted by Crippen LogP contribution is -2.22. The summed E-state index contributed by atoms with van der Waals surface area (Å²) >= 11 is 1.69. The van der Waals surface area contributed by atoms with Crippen molar-refractivity contribution in [2.45, 2.75) is 46.0 Å². The number of aryl methyl sites for hydroxylation is 1. The molecule has 0 spiro atoms. The van der Waals surface area contributed by atoms with Gasteiger partial charge in [-0.1, -0.05) is 20.3 Å². The van der Waals surface area contributed by atoms with E-state index in [0.717, 1.165) is 23.8 Å². The van der Waals surface area contributed by atoms with E-state index in [1.165, 1.54) is 36.1 Å². The number of carbonyl (C=O) groups is 1. The van der Waals surface area contributed by atoms with Crippen molar-refractivity contribution in [1.29, 1.82) is 0 Å². The molecule has 0 saturated heterocycles. The summed E-state index contributed by atoms with van der Waals surface area (Å²) in [7, 11) is 0. The third-order valence-corrected chi connectivity index (χ3v) is 4.76. The summed E-state index contributed by atoms with van der Waals surface area (Å²) in [6.07, 6.45) is 5.88. The Kier molecular flexibility index (Phi) is 4.21. The van der Waals surface area contributed by atoms with Crippen molar-refractivity contribution in [3.63, 3.8) is 0 Å². The van der Waals surface area contributed by atoms with Crippen LogP contribution in [-0.2, 0) is 12.8 Å². The van der Waals surface area contributed by atoms with E-state index in [2.05, 4.69) is 25.2 Å². The lowest BCUT2D eigenvalue weighted by atomic mass is 9.87. The van der Waals surface area contributed by atoms with Crippen LogP contribution in [0.15, 0.2) is 6.07 Å². The smallest absolute Gasteiger partial charge is 0.261 e. The Hall–Kier alpha value is -0.830. The number of thiophene rings is 1. The Bertz CT molecular complexity index is 397. The average molecular weight is 251 g/mol. The van der Waals surface area contributed by atoms with E-state index in [9.17, 15) is 4.79 Å². The summed E-state index contributed by atoms with van der Waals surface area (Å²) in [6.45, 7) is 5.11. The molecule has 1 heterocycles. The predicted molar refractivity (Wildman–Crippen MR) is 72.7 cm³/mol. The first-order valence-corrected chi connectivity index (χ1v) is 7.46. The number of rotatable bonds is 4. The Balaban J connectivity index is 2.07. The zero-order valence-corrected chi connectivity index (χ0v) is 11.5. The number of hydrogen-bond donors (Lipinski definition) is 1. The van der Waals surface area contributed by atoms with E-state index in [0.29, 0.717) is 0 Å². The molecule has 0 fully saturated rings. The van der Waals surface area contributed by atoms with Gasteiger partial charge in [0.2, 0.25) is 0 Å². The van der Waals surface area contributed by atoms with E-state index in [1.807, 2.05) is 0 Å². The second kappa shape index (κ2) is 5.67. The molecule has 1 aliphatic carbocycles. The van der Waals surface area contributed by atoms with Crippen molar-refractivity contribution < 1.29 is 4.79 Å². The minimum absolute atomic E-state index is 0.110. The maximum Gasteiger partial charge on any atom is 0.261 e. The van der Waals surface area contributed by atoms with E-state index in [1.54, 1.807) is 11.3 Å². The number of hydrogen-bond acceptors (Lipinski definition) is 2. The molecule has 0 bridgehead atoms. The van der Waals surface area contributed by atoms with Gasteiger partial charge in [0.25, 0.3) is 5.91 Å². The van der Waals surface area contributed by atoms with Gasteiger partial charge in [0.1, 0.15) is 0 Å². The molecule has 1 aromatic heterocycles. The van der Waals surface area contributed by atoms with Crippen LogP contribution < -0.4 is 5.32 Å². The van der Waals surface area contributed by atoms with Crippen molar-refractivity contribution >= 4 is 17.2 Å². The molecule has 1 atom stereocenters. The summed E-state index contributed by atoms with van der Waals surface area (Å²) in [4.78, 5) is 14.2. The van der Waals surface area contributed by atoms with Gasteiger partial charge in [0, 0.05) is 11.4 Å². The minimum atomic E-state index is 0.110. The topological polar surface area (TPSA) is 29.1 Å². The van der Waals surface area contributed by atoms with Gasteiger partial charge in [-0.3, -0.25) is 4.79 Å². The van der Waals surface area contributed by atoms with Gasteiger partial charge >= 0.3 is 0 Å². The SMILES string of the molecule is CCCNC(=O)c1cc2c(s1)CCC(CC)C2. The molecular weight excluding hydrogens is 230 g/mol. The van der Waals surface area contributed by atoms with Gasteiger partial charge in [0.05, 0.1) is 4.88 Å². The molecular formula is C14H21NOS. The quantitative estimate of drug-likeness (QED) is 0.873. The molecule has 0 saturated carbocycles. The van der Waals surface area contributed by atoms with Crippen LogP contribution in [0.5, 0.6) is 0 Å². The molecule has 1 unspecified atom stereocenters. The highest BCUT2D eigenvalue weighted by atomic mass is 32.1. The zero-order valence-electron chi connectivity index (χ0n) is 10.7. The van der Waals surface area contributed by atoms with Gasteiger partial charge in [-0.25, -0.2) is 0 Å². The third-order valence-electron chi connectivity index (χ3n) is 3.52. The van der Waals surface area contributed by atoms with Gasteiger partial charge < -0.3 is 5.32 Å². The van der Waals surface area contributed by atoms with Crippen LogP contribution in [-0.4, -0.2) is 12.5 Å². The lowest BCUT2D eigenvalue weighted by Gasteiger charge is -2.19. The second-order valence-corrected chi connectivity index (χ2v) is 5.97.